The minimum Gasteiger partial charge on any atom is -0.493 e. The van der Waals surface area contributed by atoms with E-state index in [2.05, 4.69) is 23.6 Å². The lowest BCUT2D eigenvalue weighted by Gasteiger charge is -2.18. The zero-order valence-electron chi connectivity index (χ0n) is 15.5. The zero-order valence-corrected chi connectivity index (χ0v) is 15.5. The maximum atomic E-state index is 12.4. The predicted octanol–water partition coefficient (Wildman–Crippen LogP) is 3.44. The molecule has 0 spiro atoms. The third-order valence-electron chi connectivity index (χ3n) is 4.28. The first-order valence-electron chi connectivity index (χ1n) is 8.27. The molecular formula is C20H26N2O3. The number of rotatable bonds is 7. The lowest BCUT2D eigenvalue weighted by Crippen LogP contribution is -2.37. The summed E-state index contributed by atoms with van der Waals surface area (Å²) in [6.45, 7) is 6.39. The van der Waals surface area contributed by atoms with E-state index in [1.807, 2.05) is 44.2 Å². The monoisotopic (exact) mass is 342 g/mol. The molecule has 0 unspecified atom stereocenters. The van der Waals surface area contributed by atoms with E-state index in [-0.39, 0.29) is 11.9 Å². The number of hydrogen-bond donors (Lipinski definition) is 2. The Balaban J connectivity index is 1.96. The fourth-order valence-corrected chi connectivity index (χ4v) is 2.54. The quantitative estimate of drug-likeness (QED) is 0.809. The van der Waals surface area contributed by atoms with Crippen molar-refractivity contribution in [1.29, 1.82) is 0 Å². The fourth-order valence-electron chi connectivity index (χ4n) is 2.54. The number of anilines is 1. The Labute approximate surface area is 149 Å². The van der Waals surface area contributed by atoms with Gasteiger partial charge >= 0.3 is 0 Å². The van der Waals surface area contributed by atoms with Gasteiger partial charge in [0.15, 0.2) is 11.5 Å². The van der Waals surface area contributed by atoms with Crippen LogP contribution in [0, 0.1) is 13.8 Å². The van der Waals surface area contributed by atoms with Gasteiger partial charge in [-0.15, -0.1) is 0 Å². The normalized spacial score (nSPS) is 11.6. The maximum absolute atomic E-state index is 12.4. The lowest BCUT2D eigenvalue weighted by atomic mass is 10.1. The van der Waals surface area contributed by atoms with Crippen molar-refractivity contribution in [3.63, 3.8) is 0 Å². The smallest absolute Gasteiger partial charge is 0.242 e. The number of amides is 1. The lowest BCUT2D eigenvalue weighted by molar-refractivity contribution is -0.121. The number of hydrogen-bond acceptors (Lipinski definition) is 4. The average Bonchev–Trinajstić information content (AvgIpc) is 2.63. The summed E-state index contributed by atoms with van der Waals surface area (Å²) < 4.78 is 10.5. The van der Waals surface area contributed by atoms with Crippen LogP contribution in [0.2, 0.25) is 0 Å². The van der Waals surface area contributed by atoms with E-state index in [0.717, 1.165) is 16.8 Å². The first-order valence-corrected chi connectivity index (χ1v) is 8.27. The highest BCUT2D eigenvalue weighted by molar-refractivity contribution is 5.84. The van der Waals surface area contributed by atoms with E-state index in [1.54, 1.807) is 14.2 Å². The van der Waals surface area contributed by atoms with Crippen molar-refractivity contribution in [2.24, 2.45) is 0 Å². The van der Waals surface area contributed by atoms with E-state index in [9.17, 15) is 4.79 Å². The van der Waals surface area contributed by atoms with Crippen LogP contribution >= 0.6 is 0 Å². The van der Waals surface area contributed by atoms with Gasteiger partial charge in [-0.05, 0) is 55.7 Å². The average molecular weight is 342 g/mol. The minimum atomic E-state index is -0.333. The second-order valence-electron chi connectivity index (χ2n) is 6.02. The number of aryl methyl sites for hydroxylation is 1. The molecule has 0 radical (unpaired) electrons. The minimum absolute atomic E-state index is 0.0595. The molecule has 5 heteroatoms. The molecule has 2 aromatic rings. The molecule has 2 rings (SSSR count). The molecule has 1 atom stereocenters. The van der Waals surface area contributed by atoms with Gasteiger partial charge in [-0.3, -0.25) is 4.79 Å². The zero-order chi connectivity index (χ0) is 18.4. The Morgan fingerprint density at radius 1 is 1.08 bits per heavy atom. The van der Waals surface area contributed by atoms with Crippen LogP contribution in [0.4, 0.5) is 5.69 Å². The molecule has 0 aromatic heterocycles. The van der Waals surface area contributed by atoms with Crippen molar-refractivity contribution in [1.82, 2.24) is 5.32 Å². The van der Waals surface area contributed by atoms with Gasteiger partial charge in [-0.1, -0.05) is 18.2 Å². The summed E-state index contributed by atoms with van der Waals surface area (Å²) in [5, 5.41) is 6.22. The molecule has 0 aliphatic rings. The largest absolute Gasteiger partial charge is 0.493 e. The van der Waals surface area contributed by atoms with Crippen LogP contribution in [0.15, 0.2) is 36.4 Å². The summed E-state index contributed by atoms with van der Waals surface area (Å²) in [6.07, 6.45) is 0. The van der Waals surface area contributed by atoms with Crippen molar-refractivity contribution >= 4 is 11.6 Å². The number of carbonyl (C=O) groups is 1. The number of carbonyl (C=O) groups excluding carboxylic acids is 1. The van der Waals surface area contributed by atoms with Crippen LogP contribution in [-0.4, -0.2) is 26.2 Å². The third-order valence-corrected chi connectivity index (χ3v) is 4.28. The summed E-state index contributed by atoms with van der Waals surface area (Å²) in [6, 6.07) is 11.3. The first-order chi connectivity index (χ1) is 12.0. The molecule has 0 fully saturated rings. The number of nitrogens with one attached hydrogen (secondary N) is 2. The fraction of sp³-hybridized carbons (Fsp3) is 0.350. The number of methoxy groups -OCH3 is 2. The van der Waals surface area contributed by atoms with Crippen molar-refractivity contribution in [3.8, 4) is 11.5 Å². The molecule has 0 bridgehead atoms. The second-order valence-corrected chi connectivity index (χ2v) is 6.02. The van der Waals surface area contributed by atoms with Crippen LogP contribution < -0.4 is 20.1 Å². The topological polar surface area (TPSA) is 59.6 Å². The molecule has 0 saturated heterocycles. The summed E-state index contributed by atoms with van der Waals surface area (Å²) >= 11 is 0. The Morgan fingerprint density at radius 2 is 1.80 bits per heavy atom. The molecule has 25 heavy (non-hydrogen) atoms. The van der Waals surface area contributed by atoms with Gasteiger partial charge in [0.05, 0.1) is 14.2 Å². The highest BCUT2D eigenvalue weighted by Crippen LogP contribution is 2.27. The summed E-state index contributed by atoms with van der Waals surface area (Å²) in [5.41, 5.74) is 4.28. The predicted molar refractivity (Wildman–Crippen MR) is 100 cm³/mol. The SMILES string of the molecule is COc1ccc(CNC(=O)[C@H](C)Nc2cccc(C)c2C)cc1OC. The molecule has 1 amide bonds. The van der Waals surface area contributed by atoms with Gasteiger partial charge < -0.3 is 20.1 Å². The van der Waals surface area contributed by atoms with Crippen LogP contribution in [0.3, 0.4) is 0 Å². The van der Waals surface area contributed by atoms with Crippen molar-refractivity contribution < 1.29 is 14.3 Å². The van der Waals surface area contributed by atoms with Crippen LogP contribution in [-0.2, 0) is 11.3 Å². The summed E-state index contributed by atoms with van der Waals surface area (Å²) in [5.74, 6) is 1.26. The molecule has 0 saturated carbocycles. The van der Waals surface area contributed by atoms with E-state index in [1.165, 1.54) is 5.56 Å². The van der Waals surface area contributed by atoms with Crippen molar-refractivity contribution in [2.45, 2.75) is 33.4 Å². The molecule has 5 nitrogen and oxygen atoms in total. The van der Waals surface area contributed by atoms with Crippen LogP contribution in [0.1, 0.15) is 23.6 Å². The third kappa shape index (κ3) is 4.66. The van der Waals surface area contributed by atoms with Gasteiger partial charge in [0.2, 0.25) is 5.91 Å². The van der Waals surface area contributed by atoms with Crippen LogP contribution in [0.5, 0.6) is 11.5 Å². The summed E-state index contributed by atoms with van der Waals surface area (Å²) in [7, 11) is 3.19. The van der Waals surface area contributed by atoms with Crippen molar-refractivity contribution in [2.75, 3.05) is 19.5 Å². The molecule has 0 heterocycles. The Hall–Kier alpha value is -2.69. The molecular weight excluding hydrogens is 316 g/mol. The van der Waals surface area contributed by atoms with Crippen LogP contribution in [0.25, 0.3) is 0 Å². The maximum Gasteiger partial charge on any atom is 0.242 e. The molecule has 134 valence electrons. The van der Waals surface area contributed by atoms with E-state index in [0.29, 0.717) is 18.0 Å². The summed E-state index contributed by atoms with van der Waals surface area (Å²) in [4.78, 5) is 12.4. The van der Waals surface area contributed by atoms with Gasteiger partial charge in [0.25, 0.3) is 0 Å². The van der Waals surface area contributed by atoms with E-state index in [4.69, 9.17) is 9.47 Å². The molecule has 2 aromatic carbocycles. The highest BCUT2D eigenvalue weighted by atomic mass is 16.5. The standard InChI is InChI=1S/C20H26N2O3/c1-13-7-6-8-17(14(13)2)22-15(3)20(23)21-12-16-9-10-18(24-4)19(11-16)25-5/h6-11,15,22H,12H2,1-5H3,(H,21,23)/t15-/m0/s1. The van der Waals surface area contributed by atoms with Gasteiger partial charge in [0.1, 0.15) is 6.04 Å². The van der Waals surface area contributed by atoms with Gasteiger partial charge in [-0.2, -0.15) is 0 Å². The number of ether oxygens (including phenoxy) is 2. The van der Waals surface area contributed by atoms with Gasteiger partial charge in [-0.25, -0.2) is 0 Å². The van der Waals surface area contributed by atoms with Gasteiger partial charge in [0, 0.05) is 12.2 Å². The Kier molecular flexibility index (Phi) is 6.28. The molecule has 0 aliphatic heterocycles. The highest BCUT2D eigenvalue weighted by Gasteiger charge is 2.14. The molecule has 2 N–H and O–H groups in total. The molecule has 0 aliphatic carbocycles. The van der Waals surface area contributed by atoms with E-state index < -0.39 is 0 Å². The number of benzene rings is 2. The first kappa shape index (κ1) is 18.6. The van der Waals surface area contributed by atoms with E-state index >= 15 is 0 Å². The Morgan fingerprint density at radius 3 is 2.48 bits per heavy atom. The van der Waals surface area contributed by atoms with Crippen molar-refractivity contribution in [3.05, 3.63) is 53.1 Å². The Bertz CT molecular complexity index is 744. The second kappa shape index (κ2) is 8.42.